The Hall–Kier alpha value is -2.38. The molecule has 0 amide bonds. The average molecular weight is 462 g/mol. The van der Waals surface area contributed by atoms with E-state index in [1.807, 2.05) is 0 Å². The maximum absolute atomic E-state index is 14.4. The van der Waals surface area contributed by atoms with Crippen molar-refractivity contribution < 1.29 is 27.2 Å². The van der Waals surface area contributed by atoms with Gasteiger partial charge in [0, 0.05) is 10.9 Å². The van der Waals surface area contributed by atoms with Crippen molar-refractivity contribution in [1.82, 2.24) is 0 Å². The summed E-state index contributed by atoms with van der Waals surface area (Å²) < 4.78 is 56.7. The van der Waals surface area contributed by atoms with Gasteiger partial charge in [0.15, 0.2) is 29.1 Å². The molecule has 0 fully saturated rings. The molecule has 2 atom stereocenters. The third kappa shape index (κ3) is 4.84. The lowest BCUT2D eigenvalue weighted by Crippen LogP contribution is -2.29. The molecule has 0 radical (unpaired) electrons. The zero-order valence-electron chi connectivity index (χ0n) is 16.0. The predicted octanol–water partition coefficient (Wildman–Crippen LogP) is 6.44. The molecular weight excluding hydrogens is 445 g/mol. The molecule has 0 aliphatic rings. The van der Waals surface area contributed by atoms with Gasteiger partial charge in [0.05, 0.1) is 6.04 Å². The molecule has 160 valence electrons. The number of rotatable bonds is 8. The summed E-state index contributed by atoms with van der Waals surface area (Å²) in [6.07, 6.45) is -0.171. The normalized spacial score (nSPS) is 12.9. The minimum Gasteiger partial charge on any atom is -0.373 e. The fraction of sp³-hybridized carbons (Fsp3) is 0.238. The molecule has 0 saturated heterocycles. The van der Waals surface area contributed by atoms with Crippen LogP contribution in [0.4, 0.5) is 23.2 Å². The van der Waals surface area contributed by atoms with Gasteiger partial charge in [0.2, 0.25) is 0 Å². The van der Waals surface area contributed by atoms with Gasteiger partial charge < -0.3 is 5.32 Å². The Bertz CT molecular complexity index is 997. The fourth-order valence-corrected chi connectivity index (χ4v) is 3.33. The maximum atomic E-state index is 14.4. The summed E-state index contributed by atoms with van der Waals surface area (Å²) in [7, 11) is 0. The van der Waals surface area contributed by atoms with Crippen LogP contribution in [0.2, 0.25) is 10.0 Å². The minimum absolute atomic E-state index is 0.0865. The number of anilines is 1. The average Bonchev–Trinajstić information content (AvgIpc) is 2.70. The topological polar surface area (TPSA) is 46.2 Å². The van der Waals surface area contributed by atoms with Crippen LogP contribution in [0.1, 0.15) is 31.9 Å². The molecule has 2 aromatic rings. The van der Waals surface area contributed by atoms with Gasteiger partial charge in [-0.05, 0) is 37.5 Å². The largest absolute Gasteiger partial charge is 0.373 e. The molecule has 0 aromatic heterocycles. The van der Waals surface area contributed by atoms with Crippen molar-refractivity contribution in [3.8, 4) is 0 Å². The first-order valence-electron chi connectivity index (χ1n) is 8.68. The van der Waals surface area contributed by atoms with E-state index in [1.54, 1.807) is 12.1 Å². The highest BCUT2D eigenvalue weighted by Crippen LogP contribution is 2.39. The number of ketones is 2. The van der Waals surface area contributed by atoms with Gasteiger partial charge in [-0.25, -0.2) is 17.6 Å². The molecule has 0 saturated carbocycles. The molecule has 0 bridgehead atoms. The molecule has 0 unspecified atom stereocenters. The van der Waals surface area contributed by atoms with Crippen LogP contribution in [0, 0.1) is 29.2 Å². The van der Waals surface area contributed by atoms with Crippen LogP contribution in [-0.4, -0.2) is 11.6 Å². The van der Waals surface area contributed by atoms with E-state index in [0.717, 1.165) is 0 Å². The van der Waals surface area contributed by atoms with Crippen molar-refractivity contribution >= 4 is 40.5 Å². The Morgan fingerprint density at radius 3 is 2.00 bits per heavy atom. The second-order valence-electron chi connectivity index (χ2n) is 6.67. The predicted molar refractivity (Wildman–Crippen MR) is 108 cm³/mol. The second kappa shape index (κ2) is 9.62. The molecule has 0 spiro atoms. The van der Waals surface area contributed by atoms with E-state index in [2.05, 4.69) is 11.9 Å². The van der Waals surface area contributed by atoms with Crippen LogP contribution in [0.25, 0.3) is 0 Å². The van der Waals surface area contributed by atoms with E-state index in [1.165, 1.54) is 26.0 Å². The summed E-state index contributed by atoms with van der Waals surface area (Å²) in [5, 5.41) is 1.16. The number of allylic oxidation sites excluding steroid dienone is 1. The van der Waals surface area contributed by atoms with E-state index in [0.29, 0.717) is 0 Å². The standard InChI is InChI=1S/C21H17Cl2F4NO2/c1-9(10(2)29)8-13(11(3)30)20(12-6-4-5-7-14(12)22)28-21-18(26)16(24)15(23)17(25)19(21)27/h4-7,13,20,28H,1,8H2,2-3H3/t13-,20+/m0/s1. The number of Topliss-reactive ketones (excluding diaryl/α,β-unsaturated/α-hetero) is 2. The second-order valence-corrected chi connectivity index (χ2v) is 7.45. The number of halogens is 6. The van der Waals surface area contributed by atoms with Crippen LogP contribution < -0.4 is 5.32 Å². The lowest BCUT2D eigenvalue weighted by Gasteiger charge is -2.29. The number of carbonyl (C=O) groups is 2. The molecule has 2 rings (SSSR count). The summed E-state index contributed by atoms with van der Waals surface area (Å²) in [6.45, 7) is 6.07. The zero-order valence-corrected chi connectivity index (χ0v) is 17.5. The van der Waals surface area contributed by atoms with Crippen LogP contribution in [-0.2, 0) is 9.59 Å². The molecule has 30 heavy (non-hydrogen) atoms. The molecule has 3 nitrogen and oxygen atoms in total. The third-order valence-electron chi connectivity index (χ3n) is 4.64. The summed E-state index contributed by atoms with van der Waals surface area (Å²) >= 11 is 11.5. The van der Waals surface area contributed by atoms with Gasteiger partial charge in [-0.1, -0.05) is 48.0 Å². The molecular formula is C21H17Cl2F4NO2. The van der Waals surface area contributed by atoms with E-state index in [-0.39, 0.29) is 28.4 Å². The maximum Gasteiger partial charge on any atom is 0.186 e. The molecule has 0 heterocycles. The lowest BCUT2D eigenvalue weighted by atomic mass is 9.84. The van der Waals surface area contributed by atoms with Crippen molar-refractivity contribution in [3.63, 3.8) is 0 Å². The molecule has 2 aromatic carbocycles. The van der Waals surface area contributed by atoms with Crippen LogP contribution >= 0.6 is 23.2 Å². The molecule has 1 N–H and O–H groups in total. The Kier molecular flexibility index (Phi) is 7.66. The van der Waals surface area contributed by atoms with Crippen molar-refractivity contribution in [2.24, 2.45) is 5.92 Å². The monoisotopic (exact) mass is 461 g/mol. The fourth-order valence-electron chi connectivity index (χ4n) is 2.92. The Morgan fingerprint density at radius 1 is 1.00 bits per heavy atom. The van der Waals surface area contributed by atoms with E-state index in [9.17, 15) is 27.2 Å². The van der Waals surface area contributed by atoms with Gasteiger partial charge in [0.1, 0.15) is 16.5 Å². The Labute approximate surface area is 180 Å². The first-order valence-corrected chi connectivity index (χ1v) is 9.44. The van der Waals surface area contributed by atoms with Gasteiger partial charge in [-0.15, -0.1) is 0 Å². The Balaban J connectivity index is 2.67. The first-order chi connectivity index (χ1) is 14.0. The molecule has 0 aliphatic carbocycles. The van der Waals surface area contributed by atoms with E-state index < -0.39 is 51.7 Å². The quantitative estimate of drug-likeness (QED) is 0.213. The highest BCUT2D eigenvalue weighted by molar-refractivity contribution is 6.31. The third-order valence-corrected chi connectivity index (χ3v) is 5.31. The lowest BCUT2D eigenvalue weighted by molar-refractivity contribution is -0.121. The summed E-state index contributed by atoms with van der Waals surface area (Å²) in [4.78, 5) is 24.0. The number of benzene rings is 2. The van der Waals surface area contributed by atoms with Crippen molar-refractivity contribution in [3.05, 3.63) is 75.3 Å². The summed E-state index contributed by atoms with van der Waals surface area (Å²) in [6, 6.07) is 4.85. The minimum atomic E-state index is -1.79. The Morgan fingerprint density at radius 2 is 1.53 bits per heavy atom. The summed E-state index contributed by atoms with van der Waals surface area (Å²) in [5.74, 6) is -9.04. The number of carbonyl (C=O) groups excluding carboxylic acids is 2. The zero-order chi connectivity index (χ0) is 22.7. The number of hydrogen-bond acceptors (Lipinski definition) is 3. The molecule has 9 heteroatoms. The van der Waals surface area contributed by atoms with Crippen molar-refractivity contribution in [1.29, 1.82) is 0 Å². The number of nitrogens with one attached hydrogen (secondary N) is 1. The summed E-state index contributed by atoms with van der Waals surface area (Å²) in [5.41, 5.74) is -0.840. The van der Waals surface area contributed by atoms with E-state index >= 15 is 0 Å². The number of hydrogen-bond donors (Lipinski definition) is 1. The van der Waals surface area contributed by atoms with Gasteiger partial charge >= 0.3 is 0 Å². The van der Waals surface area contributed by atoms with E-state index in [4.69, 9.17) is 23.2 Å². The highest BCUT2D eigenvalue weighted by atomic mass is 35.5. The SMILES string of the molecule is C=C(C[C@@H](C(C)=O)[C@H](Nc1c(F)c(F)c(Cl)c(F)c1F)c1ccccc1Cl)C(C)=O. The van der Waals surface area contributed by atoms with Crippen molar-refractivity contribution in [2.45, 2.75) is 26.3 Å². The van der Waals surface area contributed by atoms with Gasteiger partial charge in [-0.2, -0.15) is 0 Å². The van der Waals surface area contributed by atoms with Gasteiger partial charge in [0.25, 0.3) is 0 Å². The van der Waals surface area contributed by atoms with Crippen LogP contribution in [0.5, 0.6) is 0 Å². The molecule has 0 aliphatic heterocycles. The van der Waals surface area contributed by atoms with Crippen molar-refractivity contribution in [2.75, 3.05) is 5.32 Å². The van der Waals surface area contributed by atoms with Crippen LogP contribution in [0.15, 0.2) is 36.4 Å². The highest BCUT2D eigenvalue weighted by Gasteiger charge is 2.33. The smallest absolute Gasteiger partial charge is 0.186 e. The first kappa shape index (κ1) is 23.9. The van der Waals surface area contributed by atoms with Gasteiger partial charge in [-0.3, -0.25) is 9.59 Å². The van der Waals surface area contributed by atoms with Crippen LogP contribution in [0.3, 0.4) is 0 Å².